The average Bonchev–Trinajstić information content (AvgIpc) is 3.31. The molecule has 1 aliphatic heterocycles. The lowest BCUT2D eigenvalue weighted by Gasteiger charge is -2.31. The zero-order valence-corrected chi connectivity index (χ0v) is 17.2. The maximum atomic E-state index is 12.4. The first-order valence-corrected chi connectivity index (χ1v) is 11.4. The van der Waals surface area contributed by atoms with Crippen LogP contribution in [0.15, 0.2) is 36.9 Å². The summed E-state index contributed by atoms with van der Waals surface area (Å²) >= 11 is 0. The number of sulfonamides is 1. The van der Waals surface area contributed by atoms with Gasteiger partial charge in [-0.25, -0.2) is 17.7 Å². The van der Waals surface area contributed by atoms with Crippen molar-refractivity contribution in [3.63, 3.8) is 0 Å². The number of hydrogen-bond acceptors (Lipinski definition) is 4. The second-order valence-corrected chi connectivity index (χ2v) is 10.1. The van der Waals surface area contributed by atoms with E-state index in [-0.39, 0.29) is 11.7 Å². The Labute approximate surface area is 165 Å². The van der Waals surface area contributed by atoms with Crippen LogP contribution in [0.25, 0.3) is 22.2 Å². The van der Waals surface area contributed by atoms with E-state index in [4.69, 9.17) is 0 Å². The summed E-state index contributed by atoms with van der Waals surface area (Å²) in [6.45, 7) is 6.02. The van der Waals surface area contributed by atoms with E-state index in [0.717, 1.165) is 41.5 Å². The Morgan fingerprint density at radius 2 is 2.00 bits per heavy atom. The second-order valence-electron chi connectivity index (χ2n) is 8.11. The van der Waals surface area contributed by atoms with E-state index in [2.05, 4.69) is 38.1 Å². The van der Waals surface area contributed by atoms with Gasteiger partial charge in [-0.1, -0.05) is 13.8 Å². The maximum absolute atomic E-state index is 12.4. The number of H-pyrrole nitrogens is 1. The molecule has 150 valence electrons. The van der Waals surface area contributed by atoms with Crippen LogP contribution in [0.2, 0.25) is 0 Å². The van der Waals surface area contributed by atoms with Gasteiger partial charge < -0.3 is 4.57 Å². The van der Waals surface area contributed by atoms with Crippen molar-refractivity contribution in [1.82, 2.24) is 24.1 Å². The van der Waals surface area contributed by atoms with Gasteiger partial charge in [-0.3, -0.25) is 5.10 Å². The Morgan fingerprint density at radius 1 is 1.21 bits per heavy atom. The van der Waals surface area contributed by atoms with Gasteiger partial charge in [-0.15, -0.1) is 0 Å². The third-order valence-electron chi connectivity index (χ3n) is 5.40. The van der Waals surface area contributed by atoms with Crippen molar-refractivity contribution in [2.45, 2.75) is 33.2 Å². The highest BCUT2D eigenvalue weighted by Crippen LogP contribution is 2.26. The Kier molecular flexibility index (Phi) is 5.25. The lowest BCUT2D eigenvalue weighted by Crippen LogP contribution is -2.41. The van der Waals surface area contributed by atoms with Gasteiger partial charge in [0, 0.05) is 54.7 Å². The van der Waals surface area contributed by atoms with Gasteiger partial charge in [0.25, 0.3) is 0 Å². The van der Waals surface area contributed by atoms with Crippen LogP contribution >= 0.6 is 0 Å². The largest absolute Gasteiger partial charge is 0.332 e. The molecule has 3 aromatic heterocycles. The molecule has 0 amide bonds. The fraction of sp³-hybridized carbons (Fsp3) is 0.500. The fourth-order valence-electron chi connectivity index (χ4n) is 3.97. The van der Waals surface area contributed by atoms with Gasteiger partial charge in [0.1, 0.15) is 5.65 Å². The van der Waals surface area contributed by atoms with E-state index in [1.54, 1.807) is 10.5 Å². The summed E-state index contributed by atoms with van der Waals surface area (Å²) in [6.07, 6.45) is 9.40. The van der Waals surface area contributed by atoms with Crippen LogP contribution in [-0.2, 0) is 16.6 Å². The van der Waals surface area contributed by atoms with Crippen LogP contribution in [0.1, 0.15) is 26.7 Å². The number of pyridine rings is 1. The molecule has 0 aliphatic carbocycles. The Hall–Kier alpha value is -2.19. The fourth-order valence-corrected chi connectivity index (χ4v) is 5.79. The lowest BCUT2D eigenvalue weighted by atomic mass is 9.98. The van der Waals surface area contributed by atoms with Gasteiger partial charge in [0.15, 0.2) is 0 Å². The molecular weight excluding hydrogens is 374 g/mol. The van der Waals surface area contributed by atoms with Gasteiger partial charge in [-0.05, 0) is 36.8 Å². The van der Waals surface area contributed by atoms with Crippen molar-refractivity contribution in [3.8, 4) is 11.1 Å². The Bertz CT molecular complexity index is 1030. The quantitative estimate of drug-likeness (QED) is 0.688. The molecule has 4 rings (SSSR count). The minimum atomic E-state index is -3.12. The third-order valence-corrected chi connectivity index (χ3v) is 7.64. The summed E-state index contributed by atoms with van der Waals surface area (Å²) in [5, 5.41) is 7.93. The molecule has 0 spiro atoms. The van der Waals surface area contributed by atoms with Crippen LogP contribution < -0.4 is 0 Å². The van der Waals surface area contributed by atoms with Crippen LogP contribution in [0, 0.1) is 11.8 Å². The van der Waals surface area contributed by atoms with Gasteiger partial charge >= 0.3 is 0 Å². The summed E-state index contributed by atoms with van der Waals surface area (Å²) in [5.74, 6) is 0.867. The third kappa shape index (κ3) is 3.98. The van der Waals surface area contributed by atoms with Crippen LogP contribution in [0.3, 0.4) is 0 Å². The molecule has 0 radical (unpaired) electrons. The molecule has 7 nitrogen and oxygen atoms in total. The van der Waals surface area contributed by atoms with E-state index in [1.165, 1.54) is 0 Å². The minimum absolute atomic E-state index is 0.159. The highest BCUT2D eigenvalue weighted by molar-refractivity contribution is 7.89. The van der Waals surface area contributed by atoms with Crippen molar-refractivity contribution in [3.05, 3.63) is 36.9 Å². The summed E-state index contributed by atoms with van der Waals surface area (Å²) in [6, 6.07) is 4.22. The van der Waals surface area contributed by atoms with E-state index in [9.17, 15) is 8.42 Å². The highest BCUT2D eigenvalue weighted by atomic mass is 32.2. The first-order chi connectivity index (χ1) is 13.4. The van der Waals surface area contributed by atoms with Crippen molar-refractivity contribution < 1.29 is 8.42 Å². The molecule has 1 fully saturated rings. The predicted octanol–water partition coefficient (Wildman–Crippen LogP) is 3.12. The molecule has 8 heteroatoms. The summed E-state index contributed by atoms with van der Waals surface area (Å²) in [7, 11) is -3.12. The van der Waals surface area contributed by atoms with E-state index >= 15 is 0 Å². The molecule has 1 saturated heterocycles. The lowest BCUT2D eigenvalue weighted by molar-refractivity contribution is 0.254. The van der Waals surface area contributed by atoms with Crippen molar-refractivity contribution in [2.75, 3.05) is 18.8 Å². The molecule has 3 aromatic rings. The first-order valence-electron chi connectivity index (χ1n) is 9.84. The molecule has 0 bridgehead atoms. The average molecular weight is 402 g/mol. The molecule has 1 aliphatic rings. The van der Waals surface area contributed by atoms with Crippen LogP contribution in [-0.4, -0.2) is 51.3 Å². The second kappa shape index (κ2) is 7.67. The smallest absolute Gasteiger partial charge is 0.214 e. The zero-order chi connectivity index (χ0) is 19.7. The molecule has 0 atom stereocenters. The standard InChI is InChI=1S/C20H27N5O2S/c1-15(2)14-28(26,27)25-7-3-16(4-8-25)13-24-6-5-17-9-18(10-21-20(17)24)19-11-22-23-12-19/h5-6,9-12,15-16H,3-4,7-8,13-14H2,1-2H3,(H,22,23). The topological polar surface area (TPSA) is 83.9 Å². The van der Waals surface area contributed by atoms with Gasteiger partial charge in [0.05, 0.1) is 11.9 Å². The number of aromatic amines is 1. The van der Waals surface area contributed by atoms with Crippen molar-refractivity contribution in [2.24, 2.45) is 11.8 Å². The summed E-state index contributed by atoms with van der Waals surface area (Å²) < 4.78 is 28.7. The molecule has 28 heavy (non-hydrogen) atoms. The maximum Gasteiger partial charge on any atom is 0.214 e. The number of piperidine rings is 1. The zero-order valence-electron chi connectivity index (χ0n) is 16.4. The molecule has 0 saturated carbocycles. The number of nitrogens with zero attached hydrogens (tertiary/aromatic N) is 4. The van der Waals surface area contributed by atoms with Crippen molar-refractivity contribution in [1.29, 1.82) is 0 Å². The Balaban J connectivity index is 1.42. The molecule has 0 aromatic carbocycles. The van der Waals surface area contributed by atoms with E-state index in [1.807, 2.05) is 26.2 Å². The summed E-state index contributed by atoms with van der Waals surface area (Å²) in [5.41, 5.74) is 3.04. The normalized spacial score (nSPS) is 17.0. The predicted molar refractivity (Wildman–Crippen MR) is 110 cm³/mol. The molecular formula is C20H27N5O2S. The number of hydrogen-bond donors (Lipinski definition) is 1. The molecule has 1 N–H and O–H groups in total. The first kappa shape index (κ1) is 19.1. The minimum Gasteiger partial charge on any atom is -0.332 e. The van der Waals surface area contributed by atoms with Crippen LogP contribution in [0.4, 0.5) is 0 Å². The number of aromatic nitrogens is 4. The number of fused-ring (bicyclic) bond motifs is 1. The number of rotatable bonds is 6. The Morgan fingerprint density at radius 3 is 2.68 bits per heavy atom. The monoisotopic (exact) mass is 401 g/mol. The highest BCUT2D eigenvalue weighted by Gasteiger charge is 2.28. The molecule has 0 unspecified atom stereocenters. The van der Waals surface area contributed by atoms with E-state index in [0.29, 0.717) is 19.0 Å². The number of nitrogens with one attached hydrogen (secondary N) is 1. The summed E-state index contributed by atoms with van der Waals surface area (Å²) in [4.78, 5) is 4.66. The van der Waals surface area contributed by atoms with Gasteiger partial charge in [0.2, 0.25) is 10.0 Å². The SMILES string of the molecule is CC(C)CS(=O)(=O)N1CCC(Cn2ccc3cc(-c4cn[nH]c4)cnc32)CC1. The van der Waals surface area contributed by atoms with Gasteiger partial charge in [-0.2, -0.15) is 5.10 Å². The van der Waals surface area contributed by atoms with Crippen molar-refractivity contribution >= 4 is 21.1 Å². The molecule has 4 heterocycles. The van der Waals surface area contributed by atoms with Crippen LogP contribution in [0.5, 0.6) is 0 Å². The van der Waals surface area contributed by atoms with E-state index < -0.39 is 10.0 Å².